The number of benzene rings is 2. The molecule has 0 fully saturated rings. The number of aliphatic hydroxyl groups excluding tert-OH is 1. The molecule has 2 aromatic carbocycles. The number of carboxylic acid groups (broad SMARTS) is 1. The molecule has 7 heteroatoms. The predicted octanol–water partition coefficient (Wildman–Crippen LogP) is 4.12. The Balaban J connectivity index is 0.000000343. The Kier molecular flexibility index (Phi) is 12.9. The first kappa shape index (κ1) is 27.3. The molecule has 0 heterocycles. The van der Waals surface area contributed by atoms with Gasteiger partial charge < -0.3 is 29.3 Å². The van der Waals surface area contributed by atoms with Crippen LogP contribution in [0.15, 0.2) is 42.5 Å². The number of methoxy groups -OCH3 is 3. The van der Waals surface area contributed by atoms with Gasteiger partial charge in [-0.25, -0.2) is 4.79 Å². The molecule has 2 N–H and O–H groups in total. The molecule has 0 bridgehead atoms. The summed E-state index contributed by atoms with van der Waals surface area (Å²) in [5, 5.41) is 17.5. The minimum absolute atomic E-state index is 0.178. The molecule has 0 saturated carbocycles. The van der Waals surface area contributed by atoms with Crippen LogP contribution in [-0.2, 0) is 6.42 Å². The van der Waals surface area contributed by atoms with Gasteiger partial charge >= 0.3 is 5.97 Å². The smallest absolute Gasteiger partial charge is 0.335 e. The third-order valence-corrected chi connectivity index (χ3v) is 5.18. The fourth-order valence-electron chi connectivity index (χ4n) is 3.36. The van der Waals surface area contributed by atoms with E-state index in [0.29, 0.717) is 24.1 Å². The monoisotopic (exact) mass is 447 g/mol. The van der Waals surface area contributed by atoms with Gasteiger partial charge in [0.2, 0.25) is 0 Å². The largest absolute Gasteiger partial charge is 0.497 e. The van der Waals surface area contributed by atoms with Crippen molar-refractivity contribution in [2.45, 2.75) is 39.2 Å². The fraction of sp³-hybridized carbons (Fsp3) is 0.480. The van der Waals surface area contributed by atoms with Crippen LogP contribution in [0.4, 0.5) is 0 Å². The van der Waals surface area contributed by atoms with E-state index in [4.69, 9.17) is 24.4 Å². The Bertz CT molecular complexity index is 811. The molecule has 0 radical (unpaired) electrons. The van der Waals surface area contributed by atoms with Crippen LogP contribution in [0.1, 0.15) is 42.6 Å². The van der Waals surface area contributed by atoms with Gasteiger partial charge in [0, 0.05) is 12.6 Å². The molecular formula is C25H37NO6. The first-order chi connectivity index (χ1) is 15.4. The third kappa shape index (κ3) is 9.16. The van der Waals surface area contributed by atoms with Gasteiger partial charge in [0.15, 0.2) is 11.5 Å². The van der Waals surface area contributed by atoms with Gasteiger partial charge in [-0.2, -0.15) is 0 Å². The summed E-state index contributed by atoms with van der Waals surface area (Å²) in [6.45, 7) is 6.86. The molecule has 0 aromatic heterocycles. The molecule has 178 valence electrons. The van der Waals surface area contributed by atoms with Crippen molar-refractivity contribution in [3.8, 4) is 17.2 Å². The van der Waals surface area contributed by atoms with E-state index in [9.17, 15) is 4.79 Å². The molecule has 0 aliphatic carbocycles. The topological polar surface area (TPSA) is 88.5 Å². The van der Waals surface area contributed by atoms with Crippen LogP contribution in [0, 0.1) is 0 Å². The number of rotatable bonds is 12. The maximum atomic E-state index is 10.6. The highest BCUT2D eigenvalue weighted by molar-refractivity contribution is 5.88. The number of aliphatic hydroxyl groups is 1. The number of likely N-dealkylation sites (N-methyl/N-ethyl adjacent to an activating group) is 1. The Labute approximate surface area is 191 Å². The summed E-state index contributed by atoms with van der Waals surface area (Å²) >= 11 is 0. The molecular weight excluding hydrogens is 410 g/mol. The van der Waals surface area contributed by atoms with Crippen molar-refractivity contribution in [3.05, 3.63) is 53.6 Å². The second kappa shape index (κ2) is 15.1. The van der Waals surface area contributed by atoms with Crippen molar-refractivity contribution in [1.82, 2.24) is 4.90 Å². The molecule has 0 spiro atoms. The van der Waals surface area contributed by atoms with Crippen LogP contribution in [0.2, 0.25) is 0 Å². The lowest BCUT2D eigenvalue weighted by Crippen LogP contribution is -2.35. The number of unbranched alkanes of at least 4 members (excludes halogenated alkanes) is 1. The lowest BCUT2D eigenvalue weighted by molar-refractivity contribution is 0.0696. The first-order valence-electron chi connectivity index (χ1n) is 10.8. The SMILES string of the molecule is CCN(CCCCO)C(C)Cc1cccc(OC)c1.COc1ccc(C(=O)O)cc1OC. The zero-order valence-corrected chi connectivity index (χ0v) is 19.8. The van der Waals surface area contributed by atoms with Crippen LogP contribution >= 0.6 is 0 Å². The quantitative estimate of drug-likeness (QED) is 0.473. The van der Waals surface area contributed by atoms with Gasteiger partial charge in [0.05, 0.1) is 26.9 Å². The molecule has 0 saturated heterocycles. The molecule has 1 unspecified atom stereocenters. The molecule has 2 aromatic rings. The highest BCUT2D eigenvalue weighted by atomic mass is 16.5. The lowest BCUT2D eigenvalue weighted by atomic mass is 10.1. The number of aromatic carboxylic acids is 1. The van der Waals surface area contributed by atoms with E-state index in [-0.39, 0.29) is 5.56 Å². The minimum atomic E-state index is -0.985. The first-order valence-corrected chi connectivity index (χ1v) is 10.8. The Morgan fingerprint density at radius 3 is 2.28 bits per heavy atom. The fourth-order valence-corrected chi connectivity index (χ4v) is 3.36. The summed E-state index contributed by atoms with van der Waals surface area (Å²) in [6, 6.07) is 13.2. The van der Waals surface area contributed by atoms with Gasteiger partial charge in [0.1, 0.15) is 5.75 Å². The van der Waals surface area contributed by atoms with E-state index in [1.807, 2.05) is 12.1 Å². The standard InChI is InChI=1S/C16H27NO2.C9H10O4/c1-4-17(10-5-6-11-18)14(2)12-15-8-7-9-16(13-15)19-3;1-12-7-4-3-6(9(10)11)5-8(7)13-2/h7-9,13-14,18H,4-6,10-12H2,1-3H3;3-5H,1-2H3,(H,10,11). The van der Waals surface area contributed by atoms with Crippen LogP contribution < -0.4 is 14.2 Å². The van der Waals surface area contributed by atoms with Gasteiger partial charge in [-0.3, -0.25) is 0 Å². The van der Waals surface area contributed by atoms with Gasteiger partial charge in [-0.05, 0) is 75.2 Å². The average Bonchev–Trinajstić information content (AvgIpc) is 2.81. The van der Waals surface area contributed by atoms with E-state index >= 15 is 0 Å². The van der Waals surface area contributed by atoms with E-state index in [1.165, 1.54) is 31.9 Å². The van der Waals surface area contributed by atoms with Crippen molar-refractivity contribution in [2.24, 2.45) is 0 Å². The summed E-state index contributed by atoms with van der Waals surface area (Å²) < 4.78 is 15.2. The van der Waals surface area contributed by atoms with Gasteiger partial charge in [-0.15, -0.1) is 0 Å². The molecule has 32 heavy (non-hydrogen) atoms. The highest BCUT2D eigenvalue weighted by Gasteiger charge is 2.12. The number of nitrogens with zero attached hydrogens (tertiary/aromatic N) is 1. The third-order valence-electron chi connectivity index (χ3n) is 5.18. The second-order valence-corrected chi connectivity index (χ2v) is 7.34. The van der Waals surface area contributed by atoms with E-state index in [0.717, 1.165) is 38.1 Å². The Morgan fingerprint density at radius 1 is 1.00 bits per heavy atom. The molecule has 0 aliphatic rings. The Hall–Kier alpha value is -2.77. The minimum Gasteiger partial charge on any atom is -0.497 e. The van der Waals surface area contributed by atoms with Crippen LogP contribution in [0.5, 0.6) is 17.2 Å². The molecule has 0 aliphatic heterocycles. The van der Waals surface area contributed by atoms with Gasteiger partial charge in [-0.1, -0.05) is 19.1 Å². The summed E-state index contributed by atoms with van der Waals surface area (Å²) in [6.07, 6.45) is 2.99. The van der Waals surface area contributed by atoms with E-state index in [1.54, 1.807) is 13.2 Å². The van der Waals surface area contributed by atoms with Crippen molar-refractivity contribution in [1.29, 1.82) is 0 Å². The zero-order valence-electron chi connectivity index (χ0n) is 19.8. The predicted molar refractivity (Wildman–Crippen MR) is 126 cm³/mol. The summed E-state index contributed by atoms with van der Waals surface area (Å²) in [4.78, 5) is 13.0. The molecule has 7 nitrogen and oxygen atoms in total. The van der Waals surface area contributed by atoms with Crippen molar-refractivity contribution in [2.75, 3.05) is 41.0 Å². The average molecular weight is 448 g/mol. The lowest BCUT2D eigenvalue weighted by Gasteiger charge is -2.28. The van der Waals surface area contributed by atoms with Crippen LogP contribution in [0.25, 0.3) is 0 Å². The normalized spacial score (nSPS) is 11.3. The summed E-state index contributed by atoms with van der Waals surface area (Å²) in [7, 11) is 4.66. The summed E-state index contributed by atoms with van der Waals surface area (Å²) in [5.74, 6) is 0.879. The number of hydrogen-bond donors (Lipinski definition) is 2. The second-order valence-electron chi connectivity index (χ2n) is 7.34. The maximum absolute atomic E-state index is 10.6. The molecule has 1 atom stereocenters. The maximum Gasteiger partial charge on any atom is 0.335 e. The summed E-state index contributed by atoms with van der Waals surface area (Å²) in [5.41, 5.74) is 1.49. The van der Waals surface area contributed by atoms with Crippen molar-refractivity contribution in [3.63, 3.8) is 0 Å². The van der Waals surface area contributed by atoms with Gasteiger partial charge in [0.25, 0.3) is 0 Å². The van der Waals surface area contributed by atoms with Crippen LogP contribution in [0.3, 0.4) is 0 Å². The van der Waals surface area contributed by atoms with Crippen molar-refractivity contribution >= 4 is 5.97 Å². The Morgan fingerprint density at radius 2 is 1.72 bits per heavy atom. The number of carboxylic acids is 1. The number of ether oxygens (including phenoxy) is 3. The van der Waals surface area contributed by atoms with Crippen LogP contribution in [-0.4, -0.2) is 68.1 Å². The van der Waals surface area contributed by atoms with E-state index in [2.05, 4.69) is 30.9 Å². The molecule has 0 amide bonds. The highest BCUT2D eigenvalue weighted by Crippen LogP contribution is 2.27. The number of hydrogen-bond acceptors (Lipinski definition) is 6. The number of carbonyl (C=O) groups is 1. The van der Waals surface area contributed by atoms with Crippen molar-refractivity contribution < 1.29 is 29.2 Å². The van der Waals surface area contributed by atoms with E-state index < -0.39 is 5.97 Å². The molecule has 2 rings (SSSR count). The zero-order chi connectivity index (χ0) is 23.9.